The number of rotatable bonds is 7. The van der Waals surface area contributed by atoms with Crippen molar-refractivity contribution < 1.29 is 14.3 Å². The molecule has 1 atom stereocenters. The molecule has 0 bridgehead atoms. The average molecular weight is 482 g/mol. The second-order valence-electron chi connectivity index (χ2n) is 7.22. The van der Waals surface area contributed by atoms with Gasteiger partial charge >= 0.3 is 0 Å². The summed E-state index contributed by atoms with van der Waals surface area (Å²) in [6.07, 6.45) is 5.37. The maximum absolute atomic E-state index is 13.1. The number of methoxy groups -OCH3 is 1. The van der Waals surface area contributed by atoms with Crippen LogP contribution in [0.2, 0.25) is 5.02 Å². The quantitative estimate of drug-likeness (QED) is 0.298. The lowest BCUT2D eigenvalue weighted by Gasteiger charge is -2.25. The number of hydrogen-bond acceptors (Lipinski definition) is 6. The van der Waals surface area contributed by atoms with Crippen LogP contribution in [0.25, 0.3) is 0 Å². The molecule has 168 valence electrons. The average Bonchev–Trinajstić information content (AvgIpc) is 2.81. The minimum Gasteiger partial charge on any atom is -0.493 e. The van der Waals surface area contributed by atoms with Gasteiger partial charge in [-0.1, -0.05) is 53.5 Å². The van der Waals surface area contributed by atoms with Gasteiger partial charge in [-0.15, -0.1) is 6.42 Å². The normalized spacial score (nSPS) is 14.7. The Bertz CT molecular complexity index is 1300. The Hall–Kier alpha value is -3.41. The van der Waals surface area contributed by atoms with Crippen molar-refractivity contribution in [2.45, 2.75) is 23.2 Å². The topological polar surface area (TPSA) is 93.3 Å². The number of amides is 1. The van der Waals surface area contributed by atoms with E-state index in [1.165, 1.54) is 18.9 Å². The summed E-state index contributed by atoms with van der Waals surface area (Å²) in [5.74, 6) is 3.43. The third-order valence-electron chi connectivity index (χ3n) is 5.15. The number of benzene rings is 2. The van der Waals surface area contributed by atoms with E-state index >= 15 is 0 Å². The van der Waals surface area contributed by atoms with Crippen molar-refractivity contribution in [3.05, 3.63) is 74.5 Å². The first kappa shape index (κ1) is 22.8. The largest absolute Gasteiger partial charge is 0.493 e. The summed E-state index contributed by atoms with van der Waals surface area (Å²) < 4.78 is 10.9. The third kappa shape index (κ3) is 5.00. The number of H-pyrrole nitrogens is 1. The predicted molar refractivity (Wildman–Crippen MR) is 128 cm³/mol. The highest BCUT2D eigenvalue weighted by Crippen LogP contribution is 2.38. The molecule has 2 aromatic carbocycles. The molecule has 1 aliphatic heterocycles. The molecule has 0 saturated carbocycles. The summed E-state index contributed by atoms with van der Waals surface area (Å²) >= 11 is 7.55. The van der Waals surface area contributed by atoms with Crippen LogP contribution in [0, 0.1) is 12.3 Å². The summed E-state index contributed by atoms with van der Waals surface area (Å²) in [6, 6.07) is 12.7. The van der Waals surface area contributed by atoms with Gasteiger partial charge in [0, 0.05) is 23.1 Å². The number of aromatic nitrogens is 2. The molecule has 0 unspecified atom stereocenters. The Labute approximate surface area is 199 Å². The number of terminal acetylenes is 1. The van der Waals surface area contributed by atoms with Crippen LogP contribution in [0.3, 0.4) is 0 Å². The minimum atomic E-state index is -0.483. The van der Waals surface area contributed by atoms with E-state index in [1.54, 1.807) is 18.2 Å². The molecule has 4 rings (SSSR count). The van der Waals surface area contributed by atoms with Crippen molar-refractivity contribution in [1.82, 2.24) is 9.97 Å². The lowest BCUT2D eigenvalue weighted by atomic mass is 9.86. The van der Waals surface area contributed by atoms with Crippen LogP contribution in [0.1, 0.15) is 29.0 Å². The van der Waals surface area contributed by atoms with E-state index in [9.17, 15) is 9.59 Å². The standard InChI is InChI=1S/C24H20ClN3O4S/c1-3-10-32-18-9-8-14(11-19(18)31-2)16-12-20(29)26-22-21(16)23(30)28-24(27-22)33-13-15-6-4-5-7-17(15)25/h1,4-9,11,16H,10,12-13H2,2H3,(H2,26,27,28,29,30)/t16-/m0/s1. The van der Waals surface area contributed by atoms with E-state index in [-0.39, 0.29) is 30.3 Å². The van der Waals surface area contributed by atoms with E-state index < -0.39 is 5.92 Å². The monoisotopic (exact) mass is 481 g/mol. The maximum Gasteiger partial charge on any atom is 0.257 e. The fourth-order valence-electron chi connectivity index (χ4n) is 3.60. The van der Waals surface area contributed by atoms with Gasteiger partial charge in [-0.3, -0.25) is 9.59 Å². The van der Waals surface area contributed by atoms with Crippen molar-refractivity contribution >= 4 is 35.1 Å². The summed E-state index contributed by atoms with van der Waals surface area (Å²) in [7, 11) is 1.51. The molecule has 0 fully saturated rings. The summed E-state index contributed by atoms with van der Waals surface area (Å²) in [6.45, 7) is 0.0998. The highest BCUT2D eigenvalue weighted by molar-refractivity contribution is 7.98. The van der Waals surface area contributed by atoms with Gasteiger partial charge in [0.2, 0.25) is 5.91 Å². The van der Waals surface area contributed by atoms with E-state index in [1.807, 2.05) is 24.3 Å². The number of fused-ring (bicyclic) bond motifs is 1. The number of thioether (sulfide) groups is 1. The number of anilines is 1. The van der Waals surface area contributed by atoms with E-state index in [2.05, 4.69) is 21.2 Å². The number of nitrogens with one attached hydrogen (secondary N) is 2. The van der Waals surface area contributed by atoms with Crippen molar-refractivity contribution in [2.24, 2.45) is 0 Å². The smallest absolute Gasteiger partial charge is 0.257 e. The Kier molecular flexibility index (Phi) is 6.92. The van der Waals surface area contributed by atoms with Gasteiger partial charge in [0.1, 0.15) is 12.4 Å². The molecule has 3 aromatic rings. The van der Waals surface area contributed by atoms with Gasteiger partial charge in [-0.2, -0.15) is 0 Å². The Morgan fingerprint density at radius 1 is 1.24 bits per heavy atom. The third-order valence-corrected chi connectivity index (χ3v) is 6.44. The predicted octanol–water partition coefficient (Wildman–Crippen LogP) is 4.21. The molecule has 1 aliphatic rings. The van der Waals surface area contributed by atoms with Crippen LogP contribution in [0.4, 0.5) is 5.82 Å². The molecule has 0 aliphatic carbocycles. The molecule has 9 heteroatoms. The van der Waals surface area contributed by atoms with E-state index in [0.717, 1.165) is 11.1 Å². The van der Waals surface area contributed by atoms with Crippen LogP contribution in [-0.2, 0) is 10.5 Å². The first-order chi connectivity index (χ1) is 16.0. The number of hydrogen-bond donors (Lipinski definition) is 2. The van der Waals surface area contributed by atoms with Gasteiger partial charge in [-0.05, 0) is 29.3 Å². The first-order valence-electron chi connectivity index (χ1n) is 10.0. The zero-order chi connectivity index (χ0) is 23.4. The molecule has 33 heavy (non-hydrogen) atoms. The molecule has 1 amide bonds. The fraction of sp³-hybridized carbons (Fsp3) is 0.208. The van der Waals surface area contributed by atoms with Crippen LogP contribution >= 0.6 is 23.4 Å². The highest BCUT2D eigenvalue weighted by atomic mass is 35.5. The molecule has 1 aromatic heterocycles. The Morgan fingerprint density at radius 3 is 2.82 bits per heavy atom. The SMILES string of the molecule is C#CCOc1ccc([C@@H]2CC(=O)Nc3nc(SCc4ccccc4Cl)[nH]c(=O)c32)cc1OC. The van der Waals surface area contributed by atoms with E-state index in [0.29, 0.717) is 33.0 Å². The lowest BCUT2D eigenvalue weighted by molar-refractivity contribution is -0.116. The van der Waals surface area contributed by atoms with Crippen molar-refractivity contribution in [1.29, 1.82) is 0 Å². The second kappa shape index (κ2) is 10.0. The highest BCUT2D eigenvalue weighted by Gasteiger charge is 2.31. The summed E-state index contributed by atoms with van der Waals surface area (Å²) in [4.78, 5) is 32.8. The molecule has 0 saturated heterocycles. The molecular weight excluding hydrogens is 462 g/mol. The van der Waals surface area contributed by atoms with Gasteiger partial charge in [-0.25, -0.2) is 4.98 Å². The lowest BCUT2D eigenvalue weighted by Crippen LogP contribution is -2.31. The van der Waals surface area contributed by atoms with Crippen molar-refractivity contribution in [3.8, 4) is 23.8 Å². The van der Waals surface area contributed by atoms with Crippen LogP contribution in [0.5, 0.6) is 11.5 Å². The van der Waals surface area contributed by atoms with Crippen LogP contribution in [0.15, 0.2) is 52.4 Å². The zero-order valence-corrected chi connectivity index (χ0v) is 19.3. The number of aromatic amines is 1. The zero-order valence-electron chi connectivity index (χ0n) is 17.7. The van der Waals surface area contributed by atoms with Crippen LogP contribution in [-0.4, -0.2) is 29.6 Å². The molecule has 2 N–H and O–H groups in total. The molecule has 0 spiro atoms. The molecule has 2 heterocycles. The second-order valence-corrected chi connectivity index (χ2v) is 8.59. The number of halogens is 1. The van der Waals surface area contributed by atoms with Gasteiger partial charge < -0.3 is 19.8 Å². The van der Waals surface area contributed by atoms with Gasteiger partial charge in [0.25, 0.3) is 5.56 Å². The maximum atomic E-state index is 13.1. The van der Waals surface area contributed by atoms with Crippen molar-refractivity contribution in [2.75, 3.05) is 19.0 Å². The van der Waals surface area contributed by atoms with E-state index in [4.69, 9.17) is 27.5 Å². The number of ether oxygens (including phenoxy) is 2. The molecule has 0 radical (unpaired) electrons. The molecular formula is C24H20ClN3O4S. The Balaban J connectivity index is 1.65. The fourth-order valence-corrected chi connectivity index (χ4v) is 4.75. The van der Waals surface area contributed by atoms with Gasteiger partial charge in [0.15, 0.2) is 16.7 Å². The summed E-state index contributed by atoms with van der Waals surface area (Å²) in [5.41, 5.74) is 1.75. The van der Waals surface area contributed by atoms with Crippen molar-refractivity contribution in [3.63, 3.8) is 0 Å². The minimum absolute atomic E-state index is 0.0998. The Morgan fingerprint density at radius 2 is 2.06 bits per heavy atom. The number of carbonyl (C=O) groups excluding carboxylic acids is 1. The molecule has 7 nitrogen and oxygen atoms in total. The number of nitrogens with zero attached hydrogens (tertiary/aromatic N) is 1. The first-order valence-corrected chi connectivity index (χ1v) is 11.4. The summed E-state index contributed by atoms with van der Waals surface area (Å²) in [5, 5.41) is 3.77. The van der Waals surface area contributed by atoms with Gasteiger partial charge in [0.05, 0.1) is 12.7 Å². The number of carbonyl (C=O) groups is 1. The van der Waals surface area contributed by atoms with Crippen LogP contribution < -0.4 is 20.3 Å².